The van der Waals surface area contributed by atoms with E-state index in [2.05, 4.69) is 24.7 Å². The molecule has 1 unspecified atom stereocenters. The van der Waals surface area contributed by atoms with Gasteiger partial charge in [-0.15, -0.1) is 4.91 Å². The fraction of sp³-hybridized carbons (Fsp3) is 0.462. The van der Waals surface area contributed by atoms with E-state index in [4.69, 9.17) is 18.5 Å². The lowest BCUT2D eigenvalue weighted by molar-refractivity contribution is -0.139. The monoisotopic (exact) mass is 333 g/mol. The zero-order valence-electron chi connectivity index (χ0n) is 12.7. The van der Waals surface area contributed by atoms with Gasteiger partial charge in [0.05, 0.1) is 13.2 Å². The standard InChI is InChI=1S/C13H20NO7P/c1-10(2)12(5)18-6-8-20-22(17,14-16)21-9-7-19-13(15)11(3)4/h1,3,5-9H2,2,4H3. The molecule has 8 nitrogen and oxygen atoms in total. The van der Waals surface area contributed by atoms with Crippen molar-refractivity contribution in [2.75, 3.05) is 26.4 Å². The van der Waals surface area contributed by atoms with Gasteiger partial charge in [-0.05, 0) is 19.4 Å². The van der Waals surface area contributed by atoms with Crippen LogP contribution in [0.1, 0.15) is 13.8 Å². The molecule has 0 fully saturated rings. The molecule has 0 saturated heterocycles. The van der Waals surface area contributed by atoms with E-state index in [1.54, 1.807) is 6.92 Å². The molecule has 0 aliphatic rings. The van der Waals surface area contributed by atoms with Crippen LogP contribution in [0.4, 0.5) is 0 Å². The minimum absolute atomic E-state index is 0.000786. The molecule has 0 heterocycles. The van der Waals surface area contributed by atoms with E-state index in [1.807, 2.05) is 0 Å². The van der Waals surface area contributed by atoms with Gasteiger partial charge >= 0.3 is 13.7 Å². The van der Waals surface area contributed by atoms with Gasteiger partial charge in [0.15, 0.2) is 0 Å². The van der Waals surface area contributed by atoms with Gasteiger partial charge < -0.3 is 9.47 Å². The van der Waals surface area contributed by atoms with Gasteiger partial charge in [0.1, 0.15) is 19.0 Å². The van der Waals surface area contributed by atoms with Crippen molar-refractivity contribution in [3.63, 3.8) is 0 Å². The number of ether oxygens (including phenoxy) is 2. The maximum Gasteiger partial charge on any atom is 0.490 e. The first-order chi connectivity index (χ1) is 10.2. The molecule has 0 aromatic rings. The van der Waals surface area contributed by atoms with Gasteiger partial charge in [0.25, 0.3) is 0 Å². The minimum atomic E-state index is -4.14. The third-order valence-electron chi connectivity index (χ3n) is 2.11. The lowest BCUT2D eigenvalue weighted by Crippen LogP contribution is -2.11. The minimum Gasteiger partial charge on any atom is -0.492 e. The summed E-state index contributed by atoms with van der Waals surface area (Å²) in [7, 11) is -4.14. The molecule has 22 heavy (non-hydrogen) atoms. The van der Waals surface area contributed by atoms with Crippen LogP contribution in [0.2, 0.25) is 0 Å². The third-order valence-corrected chi connectivity index (χ3v) is 3.33. The van der Waals surface area contributed by atoms with Crippen LogP contribution < -0.4 is 0 Å². The number of hydrogen-bond acceptors (Lipinski definition) is 7. The number of rotatable bonds is 12. The molecule has 1 atom stereocenters. The molecular formula is C13H20NO7P. The van der Waals surface area contributed by atoms with E-state index < -0.39 is 13.7 Å². The smallest absolute Gasteiger partial charge is 0.490 e. The first-order valence-electron chi connectivity index (χ1n) is 6.26. The van der Waals surface area contributed by atoms with Crippen LogP contribution in [0.3, 0.4) is 0 Å². The van der Waals surface area contributed by atoms with E-state index in [-0.39, 0.29) is 32.0 Å². The number of carbonyl (C=O) groups is 1. The molecule has 9 heteroatoms. The Kier molecular flexibility index (Phi) is 9.24. The Morgan fingerprint density at radius 2 is 1.45 bits per heavy atom. The highest BCUT2D eigenvalue weighted by Gasteiger charge is 2.26. The second-order valence-electron chi connectivity index (χ2n) is 4.18. The van der Waals surface area contributed by atoms with Crippen LogP contribution in [0, 0.1) is 4.91 Å². The Bertz CT molecular complexity index is 463. The highest BCUT2D eigenvalue weighted by molar-refractivity contribution is 7.52. The Hall–Kier alpha value is -1.76. The van der Waals surface area contributed by atoms with Gasteiger partial charge in [-0.3, -0.25) is 9.05 Å². The second-order valence-corrected chi connectivity index (χ2v) is 5.80. The molecule has 0 aromatic heterocycles. The van der Waals surface area contributed by atoms with Crippen LogP contribution in [0.25, 0.3) is 0 Å². The summed E-state index contributed by atoms with van der Waals surface area (Å²) >= 11 is 0. The van der Waals surface area contributed by atoms with Gasteiger partial charge in [0, 0.05) is 10.5 Å². The Balaban J connectivity index is 4.04. The predicted molar refractivity (Wildman–Crippen MR) is 81.0 cm³/mol. The number of hydrogen-bond donors (Lipinski definition) is 0. The Labute approximate surface area is 129 Å². The molecule has 0 bridgehead atoms. The first-order valence-corrected chi connectivity index (χ1v) is 7.75. The molecule has 0 saturated carbocycles. The van der Waals surface area contributed by atoms with E-state index >= 15 is 0 Å². The normalized spacial score (nSPS) is 12.8. The molecule has 0 aliphatic carbocycles. The number of esters is 1. The second kappa shape index (κ2) is 10.0. The number of nitrogens with zero attached hydrogens (tertiary/aromatic N) is 1. The topological polar surface area (TPSA) is 100 Å². The van der Waals surface area contributed by atoms with E-state index in [0.717, 1.165) is 0 Å². The van der Waals surface area contributed by atoms with Crippen molar-refractivity contribution >= 4 is 13.7 Å². The molecule has 0 rings (SSSR count). The van der Waals surface area contributed by atoms with E-state index in [9.17, 15) is 14.3 Å². The molecule has 0 aliphatic heterocycles. The van der Waals surface area contributed by atoms with Gasteiger partial charge in [-0.2, -0.15) is 0 Å². The predicted octanol–water partition coefficient (Wildman–Crippen LogP) is 3.12. The summed E-state index contributed by atoms with van der Waals surface area (Å²) in [5.74, 6) is -0.268. The largest absolute Gasteiger partial charge is 0.492 e. The van der Waals surface area contributed by atoms with Crippen LogP contribution in [-0.2, 0) is 27.9 Å². The van der Waals surface area contributed by atoms with Gasteiger partial charge in [-0.25, -0.2) is 9.36 Å². The van der Waals surface area contributed by atoms with Crippen molar-refractivity contribution in [3.05, 3.63) is 41.5 Å². The SMILES string of the molecule is C=C(C)C(=C)OCCOP(=O)(N=O)OCCOC(=O)C(=C)C. The van der Waals surface area contributed by atoms with Crippen LogP contribution in [0.5, 0.6) is 0 Å². The summed E-state index contributed by atoms with van der Waals surface area (Å²) in [5, 5.41) is 0. The number of allylic oxidation sites excluding steroid dienone is 1. The lowest BCUT2D eigenvalue weighted by atomic mass is 10.3. The average Bonchev–Trinajstić information content (AvgIpc) is 2.47. The van der Waals surface area contributed by atoms with Crippen molar-refractivity contribution in [1.29, 1.82) is 0 Å². The summed E-state index contributed by atoms with van der Waals surface area (Å²) in [6.45, 7) is 13.1. The zero-order valence-corrected chi connectivity index (χ0v) is 13.6. The summed E-state index contributed by atoms with van der Waals surface area (Å²) in [6, 6.07) is 0. The van der Waals surface area contributed by atoms with Crippen molar-refractivity contribution in [2.24, 2.45) is 4.95 Å². The molecule has 0 radical (unpaired) electrons. The van der Waals surface area contributed by atoms with E-state index in [1.165, 1.54) is 6.92 Å². The summed E-state index contributed by atoms with van der Waals surface area (Å²) < 4.78 is 31.0. The number of nitroso groups, excluding NO2 is 1. The van der Waals surface area contributed by atoms with Crippen LogP contribution in [0.15, 0.2) is 41.6 Å². The van der Waals surface area contributed by atoms with Crippen LogP contribution in [-0.4, -0.2) is 32.4 Å². The molecule has 0 aromatic carbocycles. The summed E-state index contributed by atoms with van der Waals surface area (Å²) in [5.41, 5.74) is 0.843. The maximum absolute atomic E-state index is 11.8. The average molecular weight is 333 g/mol. The zero-order chi connectivity index (χ0) is 17.2. The van der Waals surface area contributed by atoms with Crippen LogP contribution >= 0.6 is 7.75 Å². The quantitative estimate of drug-likeness (QED) is 0.103. The van der Waals surface area contributed by atoms with Crippen molar-refractivity contribution in [2.45, 2.75) is 13.8 Å². The summed E-state index contributed by atoms with van der Waals surface area (Å²) in [4.78, 5) is 23.9. The molecule has 0 N–H and O–H groups in total. The Morgan fingerprint density at radius 3 is 1.86 bits per heavy atom. The highest BCUT2D eigenvalue weighted by atomic mass is 31.2. The van der Waals surface area contributed by atoms with Crippen molar-refractivity contribution in [3.8, 4) is 0 Å². The maximum atomic E-state index is 11.8. The van der Waals surface area contributed by atoms with Gasteiger partial charge in [-0.1, -0.05) is 19.7 Å². The third kappa shape index (κ3) is 8.51. The molecule has 0 spiro atoms. The molecule has 0 amide bonds. The molecule has 124 valence electrons. The first kappa shape index (κ1) is 20.2. The fourth-order valence-electron chi connectivity index (χ4n) is 0.935. The Morgan fingerprint density at radius 1 is 0.955 bits per heavy atom. The van der Waals surface area contributed by atoms with Crippen molar-refractivity contribution < 1.29 is 27.9 Å². The lowest BCUT2D eigenvalue weighted by Gasteiger charge is -2.12. The van der Waals surface area contributed by atoms with E-state index in [0.29, 0.717) is 11.3 Å². The fourth-order valence-corrected chi connectivity index (χ4v) is 1.71. The van der Waals surface area contributed by atoms with Crippen molar-refractivity contribution in [1.82, 2.24) is 0 Å². The highest BCUT2D eigenvalue weighted by Crippen LogP contribution is 2.49. The van der Waals surface area contributed by atoms with Gasteiger partial charge in [0.2, 0.25) is 0 Å². The summed E-state index contributed by atoms with van der Waals surface area (Å²) in [6.07, 6.45) is 0. The molecular weight excluding hydrogens is 313 g/mol. The number of carbonyl (C=O) groups excluding carboxylic acids is 1.